The number of esters is 1. The second-order valence-electron chi connectivity index (χ2n) is 7.38. The topological polar surface area (TPSA) is 95.2 Å². The highest BCUT2D eigenvalue weighted by Crippen LogP contribution is 2.41. The molecule has 0 aromatic carbocycles. The van der Waals surface area contributed by atoms with Crippen LogP contribution < -0.4 is 16.6 Å². The summed E-state index contributed by atoms with van der Waals surface area (Å²) in [6, 6.07) is 3.54. The third kappa shape index (κ3) is 3.26. The van der Waals surface area contributed by atoms with Crippen LogP contribution in [0.3, 0.4) is 0 Å². The number of hydrogen-bond acceptors (Lipinski definition) is 6. The maximum Gasteiger partial charge on any atom is 0.332 e. The highest BCUT2D eigenvalue weighted by molar-refractivity contribution is 5.81. The summed E-state index contributed by atoms with van der Waals surface area (Å²) < 4.78 is 7.85. The Morgan fingerprint density at radius 2 is 2.04 bits per heavy atom. The standard InChI is InChI=1S/C20H24N4O4/c1-11(2)10-28-19(26)14-12(3)22-17-16(15(14)13-7-6-8-21-9-13)18(25)24(5)20(27)23(17)4/h6-9,11,14-15,22H,3,10H2,1-2,4-5H3/t14-,15+/m0/s1. The van der Waals surface area contributed by atoms with Crippen LogP contribution in [-0.2, 0) is 23.6 Å². The number of nitrogens with one attached hydrogen (secondary N) is 1. The SMILES string of the molecule is C=C1Nc2c(c(=O)n(C)c(=O)n2C)[C@H](c2cccnc2)[C@H]1C(=O)OCC(C)C. The van der Waals surface area contributed by atoms with Crippen molar-refractivity contribution >= 4 is 11.8 Å². The molecule has 28 heavy (non-hydrogen) atoms. The third-order valence-corrected chi connectivity index (χ3v) is 4.85. The number of anilines is 1. The van der Waals surface area contributed by atoms with Gasteiger partial charge >= 0.3 is 11.7 Å². The van der Waals surface area contributed by atoms with Crippen molar-refractivity contribution in [3.8, 4) is 0 Å². The molecule has 0 saturated heterocycles. The minimum Gasteiger partial charge on any atom is -0.465 e. The van der Waals surface area contributed by atoms with Crippen LogP contribution in [0.2, 0.25) is 0 Å². The lowest BCUT2D eigenvalue weighted by atomic mass is 9.77. The first-order valence-corrected chi connectivity index (χ1v) is 9.06. The largest absolute Gasteiger partial charge is 0.465 e. The van der Waals surface area contributed by atoms with Crippen LogP contribution in [0.5, 0.6) is 0 Å². The van der Waals surface area contributed by atoms with Crippen molar-refractivity contribution in [3.63, 3.8) is 0 Å². The van der Waals surface area contributed by atoms with Crippen LogP contribution in [0, 0.1) is 11.8 Å². The molecular formula is C20H24N4O4. The molecule has 0 fully saturated rings. The number of hydrogen-bond donors (Lipinski definition) is 1. The molecule has 148 valence electrons. The molecule has 2 aromatic heterocycles. The number of fused-ring (bicyclic) bond motifs is 1. The van der Waals surface area contributed by atoms with Gasteiger partial charge in [0, 0.05) is 38.1 Å². The van der Waals surface area contributed by atoms with Crippen LogP contribution in [0.1, 0.15) is 30.9 Å². The Balaban J connectivity index is 2.24. The quantitative estimate of drug-likeness (QED) is 0.800. The zero-order valence-corrected chi connectivity index (χ0v) is 16.4. The molecule has 8 nitrogen and oxygen atoms in total. The lowest BCUT2D eigenvalue weighted by Gasteiger charge is -2.35. The first kappa shape index (κ1) is 19.6. The predicted octanol–water partition coefficient (Wildman–Crippen LogP) is 1.37. The number of nitrogens with zero attached hydrogens (tertiary/aromatic N) is 3. The van der Waals surface area contributed by atoms with Gasteiger partial charge in [-0.15, -0.1) is 0 Å². The molecule has 0 spiro atoms. The highest BCUT2D eigenvalue weighted by Gasteiger charge is 2.42. The van der Waals surface area contributed by atoms with E-state index in [2.05, 4.69) is 16.9 Å². The third-order valence-electron chi connectivity index (χ3n) is 4.85. The molecule has 0 aliphatic carbocycles. The molecule has 2 aromatic rings. The fraction of sp³-hybridized carbons (Fsp3) is 0.400. The zero-order valence-electron chi connectivity index (χ0n) is 16.4. The Hall–Kier alpha value is -3.16. The Labute approximate surface area is 162 Å². The molecule has 3 rings (SSSR count). The Morgan fingerprint density at radius 1 is 1.32 bits per heavy atom. The molecule has 0 radical (unpaired) electrons. The molecule has 1 aliphatic heterocycles. The Morgan fingerprint density at radius 3 is 2.64 bits per heavy atom. The summed E-state index contributed by atoms with van der Waals surface area (Å²) in [6.45, 7) is 8.14. The van der Waals surface area contributed by atoms with E-state index >= 15 is 0 Å². The van der Waals surface area contributed by atoms with Gasteiger partial charge in [-0.3, -0.25) is 23.7 Å². The van der Waals surface area contributed by atoms with E-state index in [1.165, 1.54) is 11.6 Å². The first-order valence-electron chi connectivity index (χ1n) is 9.06. The van der Waals surface area contributed by atoms with Crippen LogP contribution in [0.4, 0.5) is 5.82 Å². The number of ether oxygens (including phenoxy) is 1. The smallest absolute Gasteiger partial charge is 0.332 e. The van der Waals surface area contributed by atoms with Crippen LogP contribution >= 0.6 is 0 Å². The predicted molar refractivity (Wildman–Crippen MR) is 105 cm³/mol. The van der Waals surface area contributed by atoms with Crippen molar-refractivity contribution in [1.82, 2.24) is 14.1 Å². The van der Waals surface area contributed by atoms with Gasteiger partial charge < -0.3 is 10.1 Å². The monoisotopic (exact) mass is 384 g/mol. The summed E-state index contributed by atoms with van der Waals surface area (Å²) in [4.78, 5) is 42.4. The van der Waals surface area contributed by atoms with E-state index in [4.69, 9.17) is 4.74 Å². The van der Waals surface area contributed by atoms with Crippen LogP contribution in [0.15, 0.2) is 46.4 Å². The number of pyridine rings is 1. The molecule has 3 heterocycles. The van der Waals surface area contributed by atoms with Crippen LogP contribution in [-0.4, -0.2) is 26.7 Å². The normalized spacial score (nSPS) is 18.5. The van der Waals surface area contributed by atoms with Gasteiger partial charge in [-0.1, -0.05) is 26.5 Å². The lowest BCUT2D eigenvalue weighted by molar-refractivity contribution is -0.148. The Bertz CT molecular complexity index is 1040. The van der Waals surface area contributed by atoms with E-state index in [0.717, 1.165) is 4.57 Å². The van der Waals surface area contributed by atoms with E-state index in [1.807, 2.05) is 13.8 Å². The molecule has 0 unspecified atom stereocenters. The maximum absolute atomic E-state index is 13.0. The highest BCUT2D eigenvalue weighted by atomic mass is 16.5. The average molecular weight is 384 g/mol. The van der Waals surface area contributed by atoms with Gasteiger partial charge in [0.25, 0.3) is 5.56 Å². The number of carbonyl (C=O) groups excluding carboxylic acids is 1. The molecule has 8 heteroatoms. The molecule has 0 amide bonds. The lowest BCUT2D eigenvalue weighted by Crippen LogP contribution is -2.46. The second-order valence-corrected chi connectivity index (χ2v) is 7.38. The summed E-state index contributed by atoms with van der Waals surface area (Å²) >= 11 is 0. The van der Waals surface area contributed by atoms with Crippen molar-refractivity contribution in [2.24, 2.45) is 25.9 Å². The van der Waals surface area contributed by atoms with Crippen molar-refractivity contribution in [3.05, 3.63) is 68.8 Å². The van der Waals surface area contributed by atoms with Gasteiger partial charge in [0.1, 0.15) is 11.7 Å². The van der Waals surface area contributed by atoms with Gasteiger partial charge in [-0.25, -0.2) is 4.79 Å². The fourth-order valence-corrected chi connectivity index (χ4v) is 3.44. The molecule has 1 N–H and O–H groups in total. The van der Waals surface area contributed by atoms with Gasteiger partial charge in [0.05, 0.1) is 12.2 Å². The number of rotatable bonds is 4. The second kappa shape index (κ2) is 7.46. The summed E-state index contributed by atoms with van der Waals surface area (Å²) in [6.07, 6.45) is 3.23. The summed E-state index contributed by atoms with van der Waals surface area (Å²) in [5.41, 5.74) is 0.437. The van der Waals surface area contributed by atoms with Gasteiger partial charge in [0.15, 0.2) is 0 Å². The molecule has 1 aliphatic rings. The summed E-state index contributed by atoms with van der Waals surface area (Å²) in [5.74, 6) is -1.45. The Kier molecular flexibility index (Phi) is 5.22. The van der Waals surface area contributed by atoms with Gasteiger partial charge in [-0.2, -0.15) is 0 Å². The van der Waals surface area contributed by atoms with Crippen molar-refractivity contribution < 1.29 is 9.53 Å². The summed E-state index contributed by atoms with van der Waals surface area (Å²) in [5, 5.41) is 2.99. The van der Waals surface area contributed by atoms with Crippen molar-refractivity contribution in [1.29, 1.82) is 0 Å². The molecule has 0 bridgehead atoms. The first-order chi connectivity index (χ1) is 13.2. The number of aromatic nitrogens is 3. The van der Waals surface area contributed by atoms with Gasteiger partial charge in [0.2, 0.25) is 0 Å². The van der Waals surface area contributed by atoms with E-state index in [-0.39, 0.29) is 12.5 Å². The average Bonchev–Trinajstić information content (AvgIpc) is 2.68. The summed E-state index contributed by atoms with van der Waals surface area (Å²) in [7, 11) is 2.99. The maximum atomic E-state index is 13.0. The minimum absolute atomic E-state index is 0.173. The van der Waals surface area contributed by atoms with E-state index in [0.29, 0.717) is 22.6 Å². The van der Waals surface area contributed by atoms with Crippen molar-refractivity contribution in [2.75, 3.05) is 11.9 Å². The molecule has 0 saturated carbocycles. The fourth-order valence-electron chi connectivity index (χ4n) is 3.44. The number of carbonyl (C=O) groups is 1. The van der Waals surface area contributed by atoms with Crippen molar-refractivity contribution in [2.45, 2.75) is 19.8 Å². The van der Waals surface area contributed by atoms with Gasteiger partial charge in [-0.05, 0) is 17.5 Å². The van der Waals surface area contributed by atoms with E-state index in [1.54, 1.807) is 31.6 Å². The van der Waals surface area contributed by atoms with Crippen LogP contribution in [0.25, 0.3) is 0 Å². The zero-order chi connectivity index (χ0) is 20.6. The van der Waals surface area contributed by atoms with E-state index in [9.17, 15) is 14.4 Å². The molecule has 2 atom stereocenters. The minimum atomic E-state index is -0.819. The van der Waals surface area contributed by atoms with E-state index < -0.39 is 29.1 Å². The molecular weight excluding hydrogens is 360 g/mol.